The molecule has 2 amide bonds. The van der Waals surface area contributed by atoms with E-state index >= 15 is 0 Å². The average molecular weight is 541 g/mol. The first kappa shape index (κ1) is 27.9. The number of anilines is 2. The van der Waals surface area contributed by atoms with Crippen molar-refractivity contribution in [1.29, 1.82) is 0 Å². The van der Waals surface area contributed by atoms with Gasteiger partial charge in [-0.2, -0.15) is 0 Å². The van der Waals surface area contributed by atoms with Gasteiger partial charge < -0.3 is 20.5 Å². The third-order valence-electron chi connectivity index (χ3n) is 5.22. The largest absolute Gasteiger partial charge is 0.481 e. The Hall–Kier alpha value is -3.63. The molecule has 2 aromatic carbocycles. The number of carboxylic acids is 1. The van der Waals surface area contributed by atoms with E-state index in [1.165, 1.54) is 23.1 Å². The van der Waals surface area contributed by atoms with Crippen LogP contribution in [0, 0.1) is 0 Å². The van der Waals surface area contributed by atoms with Crippen LogP contribution in [0.15, 0.2) is 64.9 Å². The second-order valence-electron chi connectivity index (χ2n) is 7.91. The summed E-state index contributed by atoms with van der Waals surface area (Å²) in [6.07, 6.45) is 0.152. The van der Waals surface area contributed by atoms with Crippen molar-refractivity contribution in [3.8, 4) is 11.1 Å². The fourth-order valence-electron chi connectivity index (χ4n) is 3.46. The number of nitrogens with one attached hydrogen (secondary N) is 2. The summed E-state index contributed by atoms with van der Waals surface area (Å²) >= 11 is 2.61. The lowest BCUT2D eigenvalue weighted by Gasteiger charge is -2.16. The van der Waals surface area contributed by atoms with Crippen LogP contribution in [0.2, 0.25) is 0 Å². The van der Waals surface area contributed by atoms with Gasteiger partial charge in [-0.05, 0) is 37.1 Å². The number of esters is 1. The number of ether oxygens (including phenoxy) is 1. The minimum absolute atomic E-state index is 0.124. The Kier molecular flexibility index (Phi) is 10.3. The molecule has 0 aliphatic rings. The summed E-state index contributed by atoms with van der Waals surface area (Å²) in [7, 11) is 0. The van der Waals surface area contributed by atoms with Gasteiger partial charge in [-0.25, -0.2) is 4.79 Å². The van der Waals surface area contributed by atoms with Crippen molar-refractivity contribution >= 4 is 57.5 Å². The highest BCUT2D eigenvalue weighted by atomic mass is 32.2. The molecule has 0 aliphatic carbocycles. The number of benzene rings is 2. The van der Waals surface area contributed by atoms with Gasteiger partial charge in [0.25, 0.3) is 0 Å². The Morgan fingerprint density at radius 1 is 1.00 bits per heavy atom. The van der Waals surface area contributed by atoms with Crippen LogP contribution >= 0.6 is 23.1 Å². The molecule has 0 radical (unpaired) electrons. The van der Waals surface area contributed by atoms with E-state index in [-0.39, 0.29) is 25.4 Å². The van der Waals surface area contributed by atoms with Crippen molar-refractivity contribution in [2.24, 2.45) is 0 Å². The summed E-state index contributed by atoms with van der Waals surface area (Å²) in [6, 6.07) is 16.5. The van der Waals surface area contributed by atoms with E-state index in [0.29, 0.717) is 28.2 Å². The Balaban J connectivity index is 1.75. The lowest BCUT2D eigenvalue weighted by molar-refractivity contribution is -0.138. The van der Waals surface area contributed by atoms with Gasteiger partial charge in [0, 0.05) is 27.9 Å². The Morgan fingerprint density at radius 2 is 1.76 bits per heavy atom. The third kappa shape index (κ3) is 7.93. The zero-order valence-corrected chi connectivity index (χ0v) is 22.1. The number of aliphatic carboxylic acids is 1. The van der Waals surface area contributed by atoms with E-state index in [9.17, 15) is 19.2 Å². The molecule has 8 nitrogen and oxygen atoms in total. The maximum absolute atomic E-state index is 13.2. The van der Waals surface area contributed by atoms with Gasteiger partial charge in [0.1, 0.15) is 10.6 Å². The quantitative estimate of drug-likeness (QED) is 0.193. The molecule has 10 heteroatoms. The molecule has 0 saturated carbocycles. The van der Waals surface area contributed by atoms with E-state index in [4.69, 9.17) is 9.84 Å². The van der Waals surface area contributed by atoms with Gasteiger partial charge in [0.15, 0.2) is 0 Å². The lowest BCUT2D eigenvalue weighted by Crippen LogP contribution is -2.25. The van der Waals surface area contributed by atoms with E-state index in [1.807, 2.05) is 48.7 Å². The zero-order valence-electron chi connectivity index (χ0n) is 20.5. The summed E-state index contributed by atoms with van der Waals surface area (Å²) < 4.78 is 5.27. The number of carbonyl (C=O) groups is 4. The standard InChI is InChI=1S/C27H28N2O6S2/c1-3-21(37-19-12-8-11-18(15-19)28-22(30)13-14-23(31)32)25(33)29-26-24(27(34)35-4-2)20(16-36-26)17-9-6-5-7-10-17/h5-12,15-16,21H,3-4,13-14H2,1-2H3,(H,28,30)(H,29,33)(H,31,32). The van der Waals surface area contributed by atoms with Crippen molar-refractivity contribution in [1.82, 2.24) is 0 Å². The molecule has 0 saturated heterocycles. The fourth-order valence-corrected chi connectivity index (χ4v) is 5.43. The number of carboxylic acid groups (broad SMARTS) is 1. The first-order valence-corrected chi connectivity index (χ1v) is 13.5. The van der Waals surface area contributed by atoms with E-state index in [1.54, 1.807) is 25.1 Å². The monoisotopic (exact) mass is 540 g/mol. The second kappa shape index (κ2) is 13.6. The van der Waals surface area contributed by atoms with E-state index in [2.05, 4.69) is 10.6 Å². The van der Waals surface area contributed by atoms with Crippen LogP contribution in [-0.4, -0.2) is 40.7 Å². The molecule has 194 valence electrons. The Labute approximate surface area is 223 Å². The molecule has 3 aromatic rings. The van der Waals surface area contributed by atoms with Crippen molar-refractivity contribution in [2.45, 2.75) is 43.3 Å². The smallest absolute Gasteiger partial charge is 0.341 e. The van der Waals surface area contributed by atoms with Gasteiger partial charge in [0.2, 0.25) is 11.8 Å². The molecule has 0 aliphatic heterocycles. The molecule has 1 atom stereocenters. The Morgan fingerprint density at radius 3 is 2.43 bits per heavy atom. The Bertz CT molecular complexity index is 1260. The van der Waals surface area contributed by atoms with Crippen LogP contribution in [0.3, 0.4) is 0 Å². The molecule has 1 aromatic heterocycles. The van der Waals surface area contributed by atoms with Gasteiger partial charge in [-0.1, -0.05) is 43.3 Å². The minimum Gasteiger partial charge on any atom is -0.481 e. The van der Waals surface area contributed by atoms with Gasteiger partial charge in [-0.15, -0.1) is 23.1 Å². The molecule has 1 unspecified atom stereocenters. The van der Waals surface area contributed by atoms with Crippen LogP contribution in [0.1, 0.15) is 43.5 Å². The molecule has 0 spiro atoms. The predicted octanol–water partition coefficient (Wildman–Crippen LogP) is 5.90. The SMILES string of the molecule is CCOC(=O)c1c(-c2ccccc2)csc1NC(=O)C(CC)Sc1cccc(NC(=O)CCC(=O)O)c1. The van der Waals surface area contributed by atoms with E-state index in [0.717, 1.165) is 10.5 Å². The number of hydrogen-bond acceptors (Lipinski definition) is 7. The molecule has 0 fully saturated rings. The number of hydrogen-bond donors (Lipinski definition) is 3. The molecule has 0 bridgehead atoms. The maximum atomic E-state index is 13.2. The zero-order chi connectivity index (χ0) is 26.8. The van der Waals surface area contributed by atoms with Gasteiger partial charge >= 0.3 is 11.9 Å². The van der Waals surface area contributed by atoms with Crippen LogP contribution in [-0.2, 0) is 19.1 Å². The molecular weight excluding hydrogens is 512 g/mol. The van der Waals surface area contributed by atoms with Crippen LogP contribution in [0.25, 0.3) is 11.1 Å². The van der Waals surface area contributed by atoms with Gasteiger partial charge in [0.05, 0.1) is 18.3 Å². The van der Waals surface area contributed by atoms with Crippen molar-refractivity contribution in [3.05, 3.63) is 65.5 Å². The van der Waals surface area contributed by atoms with Gasteiger partial charge in [-0.3, -0.25) is 14.4 Å². The molecule has 1 heterocycles. The molecule has 3 rings (SSSR count). The number of rotatable bonds is 12. The highest BCUT2D eigenvalue weighted by Gasteiger charge is 2.25. The van der Waals surface area contributed by atoms with E-state index < -0.39 is 23.1 Å². The van der Waals surface area contributed by atoms with Crippen LogP contribution < -0.4 is 10.6 Å². The molecular formula is C27H28N2O6S2. The van der Waals surface area contributed by atoms with Crippen LogP contribution in [0.4, 0.5) is 10.7 Å². The number of thioether (sulfide) groups is 1. The summed E-state index contributed by atoms with van der Waals surface area (Å²) in [6.45, 7) is 3.84. The molecule has 37 heavy (non-hydrogen) atoms. The first-order valence-electron chi connectivity index (χ1n) is 11.8. The summed E-state index contributed by atoms with van der Waals surface area (Å²) in [5.41, 5.74) is 2.40. The third-order valence-corrected chi connectivity index (χ3v) is 7.47. The highest BCUT2D eigenvalue weighted by molar-refractivity contribution is 8.00. The number of carbonyl (C=O) groups excluding carboxylic acids is 3. The van der Waals surface area contributed by atoms with Crippen molar-refractivity contribution < 1.29 is 29.0 Å². The highest BCUT2D eigenvalue weighted by Crippen LogP contribution is 2.37. The topological polar surface area (TPSA) is 122 Å². The predicted molar refractivity (Wildman–Crippen MR) is 146 cm³/mol. The maximum Gasteiger partial charge on any atom is 0.341 e. The van der Waals surface area contributed by atoms with Crippen molar-refractivity contribution in [3.63, 3.8) is 0 Å². The number of amides is 2. The summed E-state index contributed by atoms with van der Waals surface area (Å²) in [5, 5.41) is 16.1. The first-order chi connectivity index (χ1) is 17.8. The number of thiophene rings is 1. The normalized spacial score (nSPS) is 11.4. The fraction of sp³-hybridized carbons (Fsp3) is 0.259. The van der Waals surface area contributed by atoms with Crippen LogP contribution in [0.5, 0.6) is 0 Å². The summed E-state index contributed by atoms with van der Waals surface area (Å²) in [4.78, 5) is 49.5. The molecule has 3 N–H and O–H groups in total. The lowest BCUT2D eigenvalue weighted by atomic mass is 10.0. The van der Waals surface area contributed by atoms with Crippen molar-refractivity contribution in [2.75, 3.05) is 17.2 Å². The average Bonchev–Trinajstić information content (AvgIpc) is 3.30. The second-order valence-corrected chi connectivity index (χ2v) is 10.1. The summed E-state index contributed by atoms with van der Waals surface area (Å²) in [5.74, 6) is -2.18. The minimum atomic E-state index is -1.04.